The second-order valence-corrected chi connectivity index (χ2v) is 11.5. The molecule has 5 rings (SSSR count). The number of amides is 3. The summed E-state index contributed by atoms with van der Waals surface area (Å²) in [6, 6.07) is -1.17. The highest BCUT2D eigenvalue weighted by molar-refractivity contribution is 8.03. The minimum atomic E-state index is -1.15. The molecule has 0 aromatic carbocycles. The van der Waals surface area contributed by atoms with Crippen LogP contribution in [0.2, 0.25) is 0 Å². The Hall–Kier alpha value is -3.04. The number of nitrogens with two attached hydrogens (primary N) is 1. The number of nitrogens with one attached hydrogen (secondary N) is 2. The number of likely N-dealkylation sites (tertiary alicyclic amines) is 1. The first-order valence-corrected chi connectivity index (χ1v) is 13.3. The van der Waals surface area contributed by atoms with E-state index in [0.29, 0.717) is 31.0 Å². The summed E-state index contributed by atoms with van der Waals surface area (Å²) in [5.41, 5.74) is 5.95. The first-order chi connectivity index (χ1) is 17.7. The molecule has 3 fully saturated rings. The second kappa shape index (κ2) is 10.0. The number of rotatable bonds is 8. The fourth-order valence-electron chi connectivity index (χ4n) is 5.85. The average molecular weight is 534 g/mol. The van der Waals surface area contributed by atoms with Gasteiger partial charge in [-0.3, -0.25) is 14.4 Å². The molecule has 0 bridgehead atoms. The molecule has 3 amide bonds. The normalized spacial score (nSPS) is 31.9. The molecule has 15 heteroatoms. The molecule has 37 heavy (non-hydrogen) atoms. The lowest BCUT2D eigenvalue weighted by atomic mass is 9.78. The number of nitrogens with zero attached hydrogens (tertiary/aromatic N) is 6. The number of thioether (sulfide) groups is 1. The monoisotopic (exact) mass is 533 g/mol. The number of carboxylic acid groups (broad SMARTS) is 1. The quantitative estimate of drug-likeness (QED) is 0.270. The predicted octanol–water partition coefficient (Wildman–Crippen LogP) is -2.03. The van der Waals surface area contributed by atoms with Gasteiger partial charge in [-0.1, -0.05) is 6.92 Å². The van der Waals surface area contributed by atoms with Gasteiger partial charge in [-0.2, -0.15) is 0 Å². The lowest BCUT2D eigenvalue weighted by molar-refractivity contribution is -0.158. The van der Waals surface area contributed by atoms with Crippen LogP contribution < -0.4 is 16.4 Å². The van der Waals surface area contributed by atoms with Gasteiger partial charge in [0, 0.05) is 47.8 Å². The highest BCUT2D eigenvalue weighted by Gasteiger charge is 2.60. The van der Waals surface area contributed by atoms with E-state index in [1.165, 1.54) is 27.7 Å². The molecule has 3 saturated heterocycles. The standard InChI is InChI=1S/C22H31N9O5S/c1-10-17-16(11(2)26-15(32)8-30-9-25-27-28-30)21(34)31(17)18(22(35)36)19(10)37-13-5-14(24-6-13)20(33)29-4-3-12(23)7-29/h9-14,16-17,24H,3-8,23H2,1-2H3,(H,26,32)(H,35,36)/t10-,11?,12-,13+,14+,16-,17-/m1/s1. The molecule has 14 nitrogen and oxygen atoms in total. The summed E-state index contributed by atoms with van der Waals surface area (Å²) in [5, 5.41) is 26.7. The maximum absolute atomic E-state index is 13.1. The van der Waals surface area contributed by atoms with Gasteiger partial charge in [0.15, 0.2) is 0 Å². The molecule has 1 aromatic heterocycles. The molecule has 4 aliphatic rings. The van der Waals surface area contributed by atoms with E-state index in [-0.39, 0.29) is 59.3 Å². The highest BCUT2D eigenvalue weighted by atomic mass is 32.2. The summed E-state index contributed by atoms with van der Waals surface area (Å²) < 4.78 is 1.28. The number of carbonyl (C=O) groups is 4. The molecule has 5 N–H and O–H groups in total. The summed E-state index contributed by atoms with van der Waals surface area (Å²) in [4.78, 5) is 54.4. The minimum absolute atomic E-state index is 0.00213. The summed E-state index contributed by atoms with van der Waals surface area (Å²) in [6.07, 6.45) is 2.69. The van der Waals surface area contributed by atoms with Gasteiger partial charge in [0.05, 0.1) is 18.0 Å². The third-order valence-electron chi connectivity index (χ3n) is 7.63. The summed E-state index contributed by atoms with van der Waals surface area (Å²) in [6.45, 7) is 5.37. The van der Waals surface area contributed by atoms with Gasteiger partial charge in [-0.25, -0.2) is 9.48 Å². The van der Waals surface area contributed by atoms with Crippen LogP contribution >= 0.6 is 11.8 Å². The largest absolute Gasteiger partial charge is 0.477 e. The smallest absolute Gasteiger partial charge is 0.353 e. The van der Waals surface area contributed by atoms with Crippen LogP contribution in [0.25, 0.3) is 0 Å². The van der Waals surface area contributed by atoms with Crippen LogP contribution in [0.1, 0.15) is 26.7 Å². The minimum Gasteiger partial charge on any atom is -0.477 e. The zero-order valence-electron chi connectivity index (χ0n) is 20.6. The number of hydrogen-bond donors (Lipinski definition) is 4. The molecule has 5 heterocycles. The zero-order chi connectivity index (χ0) is 26.4. The van der Waals surface area contributed by atoms with Crippen molar-refractivity contribution in [1.29, 1.82) is 0 Å². The first kappa shape index (κ1) is 25.6. The van der Waals surface area contributed by atoms with Crippen molar-refractivity contribution in [2.75, 3.05) is 19.6 Å². The number of carbonyl (C=O) groups excluding carboxylic acids is 3. The van der Waals surface area contributed by atoms with E-state index in [1.54, 1.807) is 11.8 Å². The summed E-state index contributed by atoms with van der Waals surface area (Å²) >= 11 is 1.44. The third kappa shape index (κ3) is 4.70. The average Bonchev–Trinajstić information content (AvgIpc) is 3.63. The van der Waals surface area contributed by atoms with Crippen molar-refractivity contribution in [3.63, 3.8) is 0 Å². The van der Waals surface area contributed by atoms with Gasteiger partial charge in [-0.05, 0) is 30.2 Å². The Labute approximate surface area is 217 Å². The molecular weight excluding hydrogens is 502 g/mol. The molecule has 0 saturated carbocycles. The Morgan fingerprint density at radius 1 is 1.38 bits per heavy atom. The van der Waals surface area contributed by atoms with Crippen molar-refractivity contribution in [2.45, 2.75) is 62.7 Å². The third-order valence-corrected chi connectivity index (χ3v) is 9.15. The Balaban J connectivity index is 1.23. The van der Waals surface area contributed by atoms with Gasteiger partial charge in [0.25, 0.3) is 0 Å². The Bertz CT molecular complexity index is 1130. The van der Waals surface area contributed by atoms with Crippen LogP contribution in [0.4, 0.5) is 0 Å². The number of β-lactam (4-membered cyclic amide) rings is 1. The van der Waals surface area contributed by atoms with E-state index in [4.69, 9.17) is 5.73 Å². The second-order valence-electron chi connectivity index (χ2n) is 10.2. The van der Waals surface area contributed by atoms with Gasteiger partial charge in [0.2, 0.25) is 17.7 Å². The number of aliphatic carboxylic acids is 1. The van der Waals surface area contributed by atoms with Crippen molar-refractivity contribution in [1.82, 2.24) is 40.6 Å². The predicted molar refractivity (Wildman–Crippen MR) is 130 cm³/mol. The Morgan fingerprint density at radius 2 is 2.16 bits per heavy atom. The first-order valence-electron chi connectivity index (χ1n) is 12.4. The van der Waals surface area contributed by atoms with Crippen molar-refractivity contribution < 1.29 is 24.3 Å². The van der Waals surface area contributed by atoms with Gasteiger partial charge in [-0.15, -0.1) is 16.9 Å². The Kier molecular flexibility index (Phi) is 6.93. The van der Waals surface area contributed by atoms with Crippen molar-refractivity contribution in [3.05, 3.63) is 16.9 Å². The van der Waals surface area contributed by atoms with Crippen LogP contribution in [0.3, 0.4) is 0 Å². The number of aromatic nitrogens is 4. The fourth-order valence-corrected chi connectivity index (χ4v) is 7.33. The van der Waals surface area contributed by atoms with Crippen molar-refractivity contribution in [3.8, 4) is 0 Å². The van der Waals surface area contributed by atoms with Gasteiger partial charge < -0.3 is 31.3 Å². The number of fused-ring (bicyclic) bond motifs is 1. The topological polar surface area (TPSA) is 189 Å². The highest BCUT2D eigenvalue weighted by Crippen LogP contribution is 2.51. The van der Waals surface area contributed by atoms with E-state index < -0.39 is 17.9 Å². The van der Waals surface area contributed by atoms with E-state index in [0.717, 1.165) is 6.42 Å². The molecule has 4 aliphatic heterocycles. The van der Waals surface area contributed by atoms with Gasteiger partial charge in [0.1, 0.15) is 18.6 Å². The van der Waals surface area contributed by atoms with Crippen LogP contribution in [0.5, 0.6) is 0 Å². The van der Waals surface area contributed by atoms with E-state index in [9.17, 15) is 24.3 Å². The van der Waals surface area contributed by atoms with E-state index in [1.807, 2.05) is 6.92 Å². The van der Waals surface area contributed by atoms with Crippen LogP contribution in [-0.2, 0) is 25.7 Å². The molecule has 7 atom stereocenters. The number of tetrazole rings is 1. The molecular formula is C22H31N9O5S. The molecule has 0 aliphatic carbocycles. The lowest BCUT2D eigenvalue weighted by Crippen LogP contribution is -2.66. The number of carboxylic acids is 1. The van der Waals surface area contributed by atoms with Crippen LogP contribution in [0, 0.1) is 11.8 Å². The zero-order valence-corrected chi connectivity index (χ0v) is 21.4. The van der Waals surface area contributed by atoms with Crippen molar-refractivity contribution >= 4 is 35.5 Å². The molecule has 1 unspecified atom stereocenters. The SMILES string of the molecule is CC(NC(=O)Cn1cnnn1)[C@H]1C(=O)N2C(C(=O)O)=C(S[C@@H]3CN[C@H](C(=O)N4CC[C@@H](N)C4)C3)[C@H](C)[C@H]12. The fraction of sp³-hybridized carbons (Fsp3) is 0.682. The van der Waals surface area contributed by atoms with Crippen molar-refractivity contribution in [2.24, 2.45) is 17.6 Å². The maximum atomic E-state index is 13.1. The molecule has 200 valence electrons. The summed E-state index contributed by atoms with van der Waals surface area (Å²) in [7, 11) is 0. The molecule has 0 spiro atoms. The van der Waals surface area contributed by atoms with Crippen LogP contribution in [0.15, 0.2) is 16.9 Å². The molecule has 0 radical (unpaired) electrons. The van der Waals surface area contributed by atoms with E-state index in [2.05, 4.69) is 26.2 Å². The van der Waals surface area contributed by atoms with E-state index >= 15 is 0 Å². The van der Waals surface area contributed by atoms with Crippen LogP contribution in [-0.4, -0.2) is 108 Å². The van der Waals surface area contributed by atoms with Gasteiger partial charge >= 0.3 is 5.97 Å². The summed E-state index contributed by atoms with van der Waals surface area (Å²) in [5.74, 6) is -2.54. The molecule has 1 aromatic rings. The lowest BCUT2D eigenvalue weighted by Gasteiger charge is -2.47. The Morgan fingerprint density at radius 3 is 2.81 bits per heavy atom. The number of hydrogen-bond acceptors (Lipinski definition) is 10. The maximum Gasteiger partial charge on any atom is 0.353 e.